The van der Waals surface area contributed by atoms with Crippen molar-refractivity contribution in [1.29, 1.82) is 0 Å². The van der Waals surface area contributed by atoms with Crippen LogP contribution in [0.5, 0.6) is 0 Å². The molecular formula is C17H24O3. The molecule has 0 amide bonds. The second-order valence-electron chi connectivity index (χ2n) is 6.26. The Morgan fingerprint density at radius 3 is 2.35 bits per heavy atom. The van der Waals surface area contributed by atoms with Crippen molar-refractivity contribution < 1.29 is 15.0 Å². The first-order valence-corrected chi connectivity index (χ1v) is 7.47. The van der Waals surface area contributed by atoms with E-state index in [4.69, 9.17) is 5.11 Å². The van der Waals surface area contributed by atoms with Gasteiger partial charge in [0, 0.05) is 0 Å². The van der Waals surface area contributed by atoms with Crippen LogP contribution in [-0.2, 0) is 4.79 Å². The normalized spacial score (nSPS) is 19.5. The number of carbonyl (C=O) groups is 1. The van der Waals surface area contributed by atoms with E-state index in [1.54, 1.807) is 0 Å². The van der Waals surface area contributed by atoms with Crippen LogP contribution in [0.3, 0.4) is 0 Å². The molecule has 1 saturated carbocycles. The number of benzene rings is 1. The number of rotatable bonds is 5. The Labute approximate surface area is 120 Å². The van der Waals surface area contributed by atoms with Gasteiger partial charge >= 0.3 is 5.97 Å². The average molecular weight is 276 g/mol. The summed E-state index contributed by atoms with van der Waals surface area (Å²) in [5, 5.41) is 19.6. The van der Waals surface area contributed by atoms with E-state index in [9.17, 15) is 9.90 Å². The fourth-order valence-electron chi connectivity index (χ4n) is 3.39. The number of aliphatic hydroxyl groups excluding tert-OH is 1. The molecule has 2 N–H and O–H groups in total. The van der Waals surface area contributed by atoms with Gasteiger partial charge in [0.1, 0.15) is 0 Å². The van der Waals surface area contributed by atoms with Gasteiger partial charge in [-0.05, 0) is 37.2 Å². The summed E-state index contributed by atoms with van der Waals surface area (Å²) in [4.78, 5) is 11.2. The van der Waals surface area contributed by atoms with Gasteiger partial charge < -0.3 is 10.2 Å². The maximum Gasteiger partial charge on any atom is 0.303 e. The number of carboxylic acid groups (broad SMARTS) is 1. The van der Waals surface area contributed by atoms with Gasteiger partial charge in [-0.15, -0.1) is 0 Å². The summed E-state index contributed by atoms with van der Waals surface area (Å²) in [6.45, 7) is 2.02. The second kappa shape index (κ2) is 6.40. The highest BCUT2D eigenvalue weighted by atomic mass is 16.4. The zero-order valence-electron chi connectivity index (χ0n) is 12.1. The first kappa shape index (κ1) is 15.0. The molecule has 1 aliphatic rings. The van der Waals surface area contributed by atoms with Crippen LogP contribution in [0.4, 0.5) is 0 Å². The zero-order valence-corrected chi connectivity index (χ0v) is 12.1. The van der Waals surface area contributed by atoms with Crippen LogP contribution in [0.15, 0.2) is 24.3 Å². The van der Waals surface area contributed by atoms with Crippen LogP contribution in [0.2, 0.25) is 0 Å². The lowest BCUT2D eigenvalue weighted by atomic mass is 9.68. The molecule has 1 aliphatic carbocycles. The Kier molecular flexibility index (Phi) is 4.81. The first-order chi connectivity index (χ1) is 9.51. The van der Waals surface area contributed by atoms with Crippen molar-refractivity contribution in [2.75, 3.05) is 0 Å². The number of aliphatic hydroxyl groups is 1. The molecule has 0 saturated heterocycles. The van der Waals surface area contributed by atoms with Gasteiger partial charge in [0.05, 0.1) is 12.5 Å². The Hall–Kier alpha value is -1.35. The Balaban J connectivity index is 2.10. The third-order valence-electron chi connectivity index (χ3n) is 4.53. The standard InChI is InChI=1S/C17H24O3/c1-13-5-7-14(8-6-13)15(18)11-17(12-16(19)20)9-3-2-4-10-17/h5-8,15,18H,2-4,9-12H2,1H3,(H,19,20). The number of aryl methyl sites for hydroxylation is 1. The van der Waals surface area contributed by atoms with Crippen LogP contribution in [-0.4, -0.2) is 16.2 Å². The van der Waals surface area contributed by atoms with Crippen LogP contribution in [0.25, 0.3) is 0 Å². The van der Waals surface area contributed by atoms with Crippen molar-refractivity contribution in [2.24, 2.45) is 5.41 Å². The minimum Gasteiger partial charge on any atom is -0.481 e. The van der Waals surface area contributed by atoms with Gasteiger partial charge in [-0.3, -0.25) is 4.79 Å². The van der Waals surface area contributed by atoms with E-state index in [1.165, 1.54) is 12.0 Å². The summed E-state index contributed by atoms with van der Waals surface area (Å²) in [5.41, 5.74) is 1.83. The first-order valence-electron chi connectivity index (χ1n) is 7.47. The average Bonchev–Trinajstić information content (AvgIpc) is 2.39. The maximum absolute atomic E-state index is 11.2. The predicted octanol–water partition coefficient (Wildman–Crippen LogP) is 3.84. The molecule has 110 valence electrons. The summed E-state index contributed by atoms with van der Waals surface area (Å²) >= 11 is 0. The molecule has 1 fully saturated rings. The summed E-state index contributed by atoms with van der Waals surface area (Å²) in [7, 11) is 0. The number of hydrogen-bond acceptors (Lipinski definition) is 2. The molecule has 1 atom stereocenters. The number of carboxylic acids is 1. The maximum atomic E-state index is 11.2. The smallest absolute Gasteiger partial charge is 0.303 e. The van der Waals surface area contributed by atoms with Crippen molar-refractivity contribution >= 4 is 5.97 Å². The molecule has 0 radical (unpaired) electrons. The van der Waals surface area contributed by atoms with Crippen LogP contribution >= 0.6 is 0 Å². The third-order valence-corrected chi connectivity index (χ3v) is 4.53. The minimum absolute atomic E-state index is 0.177. The van der Waals surface area contributed by atoms with Gasteiger partial charge in [-0.2, -0.15) is 0 Å². The van der Waals surface area contributed by atoms with Crippen molar-refractivity contribution in [3.05, 3.63) is 35.4 Å². The van der Waals surface area contributed by atoms with Gasteiger partial charge in [0.2, 0.25) is 0 Å². The van der Waals surface area contributed by atoms with Crippen molar-refractivity contribution in [1.82, 2.24) is 0 Å². The lowest BCUT2D eigenvalue weighted by molar-refractivity contribution is -0.141. The number of hydrogen-bond donors (Lipinski definition) is 2. The lowest BCUT2D eigenvalue weighted by Gasteiger charge is -2.37. The molecule has 0 bridgehead atoms. The van der Waals surface area contributed by atoms with Gasteiger partial charge in [0.15, 0.2) is 0 Å². The molecule has 2 rings (SSSR count). The summed E-state index contributed by atoms with van der Waals surface area (Å²) < 4.78 is 0. The molecule has 0 spiro atoms. The van der Waals surface area contributed by atoms with E-state index in [-0.39, 0.29) is 11.8 Å². The molecule has 20 heavy (non-hydrogen) atoms. The molecule has 0 heterocycles. The molecule has 1 unspecified atom stereocenters. The van der Waals surface area contributed by atoms with E-state index < -0.39 is 12.1 Å². The summed E-state index contributed by atoms with van der Waals surface area (Å²) in [5.74, 6) is -0.747. The Morgan fingerprint density at radius 2 is 1.80 bits per heavy atom. The highest BCUT2D eigenvalue weighted by Gasteiger charge is 2.36. The third kappa shape index (κ3) is 3.83. The predicted molar refractivity (Wildman–Crippen MR) is 78.5 cm³/mol. The van der Waals surface area contributed by atoms with E-state index in [1.807, 2.05) is 31.2 Å². The molecular weight excluding hydrogens is 252 g/mol. The topological polar surface area (TPSA) is 57.5 Å². The van der Waals surface area contributed by atoms with Crippen LogP contribution in [0.1, 0.15) is 62.2 Å². The van der Waals surface area contributed by atoms with Crippen molar-refractivity contribution in [2.45, 2.75) is 58.0 Å². The van der Waals surface area contributed by atoms with E-state index in [0.29, 0.717) is 6.42 Å². The fourth-order valence-corrected chi connectivity index (χ4v) is 3.39. The van der Waals surface area contributed by atoms with E-state index in [2.05, 4.69) is 0 Å². The lowest BCUT2D eigenvalue weighted by Crippen LogP contribution is -2.29. The molecule has 1 aromatic carbocycles. The quantitative estimate of drug-likeness (QED) is 0.859. The molecule has 3 heteroatoms. The van der Waals surface area contributed by atoms with Gasteiger partial charge in [-0.25, -0.2) is 0 Å². The molecule has 0 aromatic heterocycles. The van der Waals surface area contributed by atoms with Crippen LogP contribution < -0.4 is 0 Å². The molecule has 3 nitrogen and oxygen atoms in total. The number of aliphatic carboxylic acids is 1. The van der Waals surface area contributed by atoms with Gasteiger partial charge in [0.25, 0.3) is 0 Å². The van der Waals surface area contributed by atoms with Crippen molar-refractivity contribution in [3.63, 3.8) is 0 Å². The highest BCUT2D eigenvalue weighted by molar-refractivity contribution is 5.67. The molecule has 0 aliphatic heterocycles. The highest BCUT2D eigenvalue weighted by Crippen LogP contribution is 2.45. The minimum atomic E-state index is -0.747. The zero-order chi connectivity index (χ0) is 14.6. The van der Waals surface area contributed by atoms with Crippen LogP contribution in [0, 0.1) is 12.3 Å². The SMILES string of the molecule is Cc1ccc(C(O)CC2(CC(=O)O)CCCCC2)cc1. The summed E-state index contributed by atoms with van der Waals surface area (Å²) in [6.07, 6.45) is 5.35. The van der Waals surface area contributed by atoms with Gasteiger partial charge in [-0.1, -0.05) is 49.1 Å². The monoisotopic (exact) mass is 276 g/mol. The fraction of sp³-hybridized carbons (Fsp3) is 0.588. The Bertz CT molecular complexity index is 444. The Morgan fingerprint density at radius 1 is 1.20 bits per heavy atom. The summed E-state index contributed by atoms with van der Waals surface area (Å²) in [6, 6.07) is 7.86. The van der Waals surface area contributed by atoms with E-state index in [0.717, 1.165) is 31.2 Å². The van der Waals surface area contributed by atoms with Crippen molar-refractivity contribution in [3.8, 4) is 0 Å². The van der Waals surface area contributed by atoms with E-state index >= 15 is 0 Å². The second-order valence-corrected chi connectivity index (χ2v) is 6.26. The largest absolute Gasteiger partial charge is 0.481 e. The molecule has 1 aromatic rings.